The van der Waals surface area contributed by atoms with Gasteiger partial charge in [-0.25, -0.2) is 4.39 Å². The number of benzene rings is 1. The lowest BCUT2D eigenvalue weighted by Crippen LogP contribution is -2.50. The molecule has 0 spiro atoms. The monoisotopic (exact) mass is 292 g/mol. The molecule has 0 fully saturated rings. The molecule has 2 N–H and O–H groups in total. The van der Waals surface area contributed by atoms with Crippen LogP contribution >= 0.6 is 0 Å². The van der Waals surface area contributed by atoms with Crippen LogP contribution in [0.3, 0.4) is 0 Å². The maximum atomic E-state index is 13.0. The highest BCUT2D eigenvalue weighted by atomic mass is 19.1. The number of halogens is 1. The Morgan fingerprint density at radius 2 is 2.24 bits per heavy atom. The molecule has 21 heavy (non-hydrogen) atoms. The van der Waals surface area contributed by atoms with E-state index < -0.39 is 5.72 Å². The van der Waals surface area contributed by atoms with E-state index in [0.717, 1.165) is 0 Å². The topological polar surface area (TPSA) is 67.4 Å². The van der Waals surface area contributed by atoms with Crippen molar-refractivity contribution in [3.8, 4) is 0 Å². The molecule has 1 aliphatic rings. The molecule has 1 heterocycles. The van der Waals surface area contributed by atoms with Crippen LogP contribution in [0.1, 0.15) is 25.3 Å². The quantitative estimate of drug-likeness (QED) is 0.866. The lowest BCUT2D eigenvalue weighted by Gasteiger charge is -2.28. The number of hydrogen-bond acceptors (Lipinski definition) is 3. The van der Waals surface area contributed by atoms with Crippen LogP contribution in [-0.2, 0) is 20.9 Å². The highest BCUT2D eigenvalue weighted by molar-refractivity contribution is 5.79. The van der Waals surface area contributed by atoms with Crippen LogP contribution in [0.2, 0.25) is 0 Å². The van der Waals surface area contributed by atoms with E-state index in [-0.39, 0.29) is 30.6 Å². The van der Waals surface area contributed by atoms with Gasteiger partial charge in [0, 0.05) is 19.9 Å². The van der Waals surface area contributed by atoms with Crippen molar-refractivity contribution in [2.75, 3.05) is 0 Å². The van der Waals surface area contributed by atoms with E-state index in [0.29, 0.717) is 12.0 Å². The Balaban J connectivity index is 1.89. The number of amides is 2. The number of ether oxygens (including phenoxy) is 1. The minimum atomic E-state index is -1.02. The zero-order valence-corrected chi connectivity index (χ0v) is 11.7. The summed E-state index contributed by atoms with van der Waals surface area (Å²) in [5, 5.41) is 5.34. The van der Waals surface area contributed by atoms with E-state index >= 15 is 0 Å². The van der Waals surface area contributed by atoms with Crippen LogP contribution in [0.25, 0.3) is 0 Å². The molecule has 0 saturated carbocycles. The first-order chi connectivity index (χ1) is 9.99. The van der Waals surface area contributed by atoms with Crippen LogP contribution in [0.15, 0.2) is 36.6 Å². The highest BCUT2D eigenvalue weighted by Gasteiger charge is 2.36. The lowest BCUT2D eigenvalue weighted by molar-refractivity contribution is -0.132. The predicted molar refractivity (Wildman–Crippen MR) is 74.3 cm³/mol. The summed E-state index contributed by atoms with van der Waals surface area (Å²) >= 11 is 0. The molecule has 0 radical (unpaired) electrons. The van der Waals surface area contributed by atoms with Gasteiger partial charge in [0.05, 0.1) is 12.7 Å². The largest absolute Gasteiger partial charge is 0.475 e. The first-order valence-corrected chi connectivity index (χ1v) is 6.62. The van der Waals surface area contributed by atoms with E-state index in [1.807, 2.05) is 0 Å². The summed E-state index contributed by atoms with van der Waals surface area (Å²) in [5.74, 6) is -0.895. The Morgan fingerprint density at radius 3 is 2.86 bits per heavy atom. The molecule has 5 nitrogen and oxygen atoms in total. The zero-order chi connectivity index (χ0) is 15.3. The molecule has 2 rings (SSSR count). The minimum absolute atomic E-state index is 0.00506. The fourth-order valence-corrected chi connectivity index (χ4v) is 2.19. The number of carbonyl (C=O) groups is 2. The number of nitrogens with one attached hydrogen (secondary N) is 2. The van der Waals surface area contributed by atoms with Gasteiger partial charge in [0.1, 0.15) is 5.82 Å². The first-order valence-electron chi connectivity index (χ1n) is 6.62. The van der Waals surface area contributed by atoms with Gasteiger partial charge in [0.15, 0.2) is 5.72 Å². The van der Waals surface area contributed by atoms with Crippen molar-refractivity contribution in [3.63, 3.8) is 0 Å². The Labute approximate surface area is 122 Å². The van der Waals surface area contributed by atoms with E-state index in [9.17, 15) is 14.0 Å². The Hall–Kier alpha value is -2.37. The molecule has 0 aromatic heterocycles. The van der Waals surface area contributed by atoms with Crippen molar-refractivity contribution in [2.45, 2.75) is 32.0 Å². The number of carbonyl (C=O) groups excluding carboxylic acids is 2. The second kappa shape index (κ2) is 6.39. The second-order valence-corrected chi connectivity index (χ2v) is 4.95. The van der Waals surface area contributed by atoms with Crippen molar-refractivity contribution < 1.29 is 18.7 Å². The second-order valence-electron chi connectivity index (χ2n) is 4.95. The lowest BCUT2D eigenvalue weighted by atomic mass is 10.1. The Morgan fingerprint density at radius 1 is 1.43 bits per heavy atom. The molecular formula is C15H17FN2O3. The predicted octanol–water partition coefficient (Wildman–Crippen LogP) is 1.60. The summed E-state index contributed by atoms with van der Waals surface area (Å²) < 4.78 is 18.4. The molecule has 6 heteroatoms. The van der Waals surface area contributed by atoms with Crippen LogP contribution in [-0.4, -0.2) is 17.5 Å². The van der Waals surface area contributed by atoms with Crippen molar-refractivity contribution in [1.29, 1.82) is 0 Å². The summed E-state index contributed by atoms with van der Waals surface area (Å²) in [6, 6.07) is 6.01. The van der Waals surface area contributed by atoms with Crippen LogP contribution < -0.4 is 10.6 Å². The number of hydrogen-bond donors (Lipinski definition) is 2. The van der Waals surface area contributed by atoms with Gasteiger partial charge in [-0.05, 0) is 23.8 Å². The average Bonchev–Trinajstić information content (AvgIpc) is 2.83. The third-order valence-electron chi connectivity index (χ3n) is 3.07. The van der Waals surface area contributed by atoms with Gasteiger partial charge < -0.3 is 15.4 Å². The zero-order valence-electron chi connectivity index (χ0n) is 11.7. The van der Waals surface area contributed by atoms with Gasteiger partial charge in [-0.1, -0.05) is 12.1 Å². The third kappa shape index (κ3) is 4.30. The number of rotatable bonds is 5. The van der Waals surface area contributed by atoms with Crippen molar-refractivity contribution in [3.05, 3.63) is 48.0 Å². The molecule has 1 unspecified atom stereocenters. The maximum Gasteiger partial charge on any atom is 0.226 e. The molecule has 0 bridgehead atoms. The summed E-state index contributed by atoms with van der Waals surface area (Å²) in [6.45, 7) is 1.59. The molecule has 1 aromatic rings. The van der Waals surface area contributed by atoms with E-state index in [4.69, 9.17) is 4.74 Å². The molecule has 0 saturated heterocycles. The van der Waals surface area contributed by atoms with Crippen LogP contribution in [0.5, 0.6) is 0 Å². The molecule has 1 atom stereocenters. The van der Waals surface area contributed by atoms with Gasteiger partial charge in [-0.15, -0.1) is 0 Å². The van der Waals surface area contributed by atoms with Gasteiger partial charge in [-0.2, -0.15) is 0 Å². The average molecular weight is 292 g/mol. The molecule has 0 aliphatic carbocycles. The smallest absolute Gasteiger partial charge is 0.226 e. The summed E-state index contributed by atoms with van der Waals surface area (Å²) in [7, 11) is 0. The van der Waals surface area contributed by atoms with Crippen molar-refractivity contribution in [2.24, 2.45) is 0 Å². The Kier molecular flexibility index (Phi) is 4.57. The standard InChI is InChI=1S/C15H17FN2O3/c1-11(19)18-15(6-3-7-21-15)9-14(20)17-10-12-4-2-5-13(16)8-12/h2-5,7-8H,6,9-10H2,1H3,(H,17,20)(H,18,19). The van der Waals surface area contributed by atoms with Crippen molar-refractivity contribution in [1.82, 2.24) is 10.6 Å². The van der Waals surface area contributed by atoms with Gasteiger partial charge in [0.25, 0.3) is 0 Å². The maximum absolute atomic E-state index is 13.0. The van der Waals surface area contributed by atoms with Gasteiger partial charge in [0.2, 0.25) is 11.8 Å². The first kappa shape index (κ1) is 15.0. The SMILES string of the molecule is CC(=O)NC1(CC(=O)NCc2cccc(F)c2)CC=CO1. The normalized spacial score (nSPS) is 19.9. The fourth-order valence-electron chi connectivity index (χ4n) is 2.19. The molecular weight excluding hydrogens is 275 g/mol. The van der Waals surface area contributed by atoms with Crippen LogP contribution in [0, 0.1) is 5.82 Å². The van der Waals surface area contributed by atoms with Crippen molar-refractivity contribution >= 4 is 11.8 Å². The Bertz CT molecular complexity index is 564. The van der Waals surface area contributed by atoms with E-state index in [2.05, 4.69) is 10.6 Å². The molecule has 1 aromatic carbocycles. The van der Waals surface area contributed by atoms with E-state index in [1.165, 1.54) is 25.3 Å². The molecule has 1 aliphatic heterocycles. The van der Waals surface area contributed by atoms with Crippen LogP contribution in [0.4, 0.5) is 4.39 Å². The highest BCUT2D eigenvalue weighted by Crippen LogP contribution is 2.24. The summed E-state index contributed by atoms with van der Waals surface area (Å²) in [4.78, 5) is 23.2. The molecule has 2 amide bonds. The summed E-state index contributed by atoms with van der Waals surface area (Å²) in [5.41, 5.74) is -0.347. The fraction of sp³-hybridized carbons (Fsp3) is 0.333. The van der Waals surface area contributed by atoms with Gasteiger partial charge >= 0.3 is 0 Å². The third-order valence-corrected chi connectivity index (χ3v) is 3.07. The molecule has 112 valence electrons. The summed E-state index contributed by atoms with van der Waals surface area (Å²) in [6.07, 6.45) is 3.64. The van der Waals surface area contributed by atoms with E-state index in [1.54, 1.807) is 18.2 Å². The van der Waals surface area contributed by atoms with Gasteiger partial charge in [-0.3, -0.25) is 9.59 Å². The minimum Gasteiger partial charge on any atom is -0.475 e.